The van der Waals surface area contributed by atoms with Gasteiger partial charge in [-0.3, -0.25) is 9.36 Å². The molecule has 0 fully saturated rings. The molecule has 5 nitrogen and oxygen atoms in total. The average molecular weight is 286 g/mol. The number of carbonyl (C=O) groups is 1. The quantitative estimate of drug-likeness (QED) is 0.807. The molecule has 1 aromatic heterocycles. The van der Waals surface area contributed by atoms with Gasteiger partial charge in [0.05, 0.1) is 18.7 Å². The summed E-state index contributed by atoms with van der Waals surface area (Å²) in [7, 11) is 0. The molecule has 110 valence electrons. The first-order chi connectivity index (χ1) is 10.0. The molecule has 1 heterocycles. The number of hydrogen-bond donors (Lipinski definition) is 0. The van der Waals surface area contributed by atoms with Crippen molar-refractivity contribution in [2.75, 3.05) is 6.61 Å². The second kappa shape index (κ2) is 6.35. The van der Waals surface area contributed by atoms with Gasteiger partial charge in [0.15, 0.2) is 0 Å². The Morgan fingerprint density at radius 3 is 2.48 bits per heavy atom. The second-order valence-corrected chi connectivity index (χ2v) is 4.79. The Balaban J connectivity index is 2.22. The lowest BCUT2D eigenvalue weighted by molar-refractivity contribution is 0.0526. The van der Waals surface area contributed by atoms with Crippen molar-refractivity contribution in [2.45, 2.75) is 27.3 Å². The van der Waals surface area contributed by atoms with E-state index in [0.717, 1.165) is 5.56 Å². The first-order valence-electron chi connectivity index (χ1n) is 6.82. The van der Waals surface area contributed by atoms with Gasteiger partial charge in [-0.2, -0.15) is 0 Å². The van der Waals surface area contributed by atoms with Crippen molar-refractivity contribution in [2.24, 2.45) is 0 Å². The number of ether oxygens (including phenoxy) is 1. The lowest BCUT2D eigenvalue weighted by atomic mass is 10.1. The van der Waals surface area contributed by atoms with Gasteiger partial charge in [0, 0.05) is 11.8 Å². The third-order valence-electron chi connectivity index (χ3n) is 3.13. The van der Waals surface area contributed by atoms with E-state index in [-0.39, 0.29) is 11.5 Å². The highest BCUT2D eigenvalue weighted by Gasteiger charge is 2.07. The Kier molecular flexibility index (Phi) is 4.52. The smallest absolute Gasteiger partial charge is 0.338 e. The topological polar surface area (TPSA) is 61.2 Å². The van der Waals surface area contributed by atoms with E-state index in [1.165, 1.54) is 6.07 Å². The van der Waals surface area contributed by atoms with E-state index < -0.39 is 0 Å². The van der Waals surface area contributed by atoms with Crippen molar-refractivity contribution in [1.82, 2.24) is 9.55 Å². The molecule has 0 N–H and O–H groups in total. The van der Waals surface area contributed by atoms with Gasteiger partial charge in [0.2, 0.25) is 0 Å². The van der Waals surface area contributed by atoms with Crippen LogP contribution in [-0.4, -0.2) is 22.1 Å². The Morgan fingerprint density at radius 2 is 1.90 bits per heavy atom. The number of nitrogens with zero attached hydrogens (tertiary/aromatic N) is 2. The van der Waals surface area contributed by atoms with E-state index in [2.05, 4.69) is 4.98 Å². The highest BCUT2D eigenvalue weighted by molar-refractivity contribution is 5.89. The van der Waals surface area contributed by atoms with E-state index in [1.807, 2.05) is 12.1 Å². The third kappa shape index (κ3) is 3.56. The zero-order valence-corrected chi connectivity index (χ0v) is 12.4. The lowest BCUT2D eigenvalue weighted by Crippen LogP contribution is -2.24. The third-order valence-corrected chi connectivity index (χ3v) is 3.13. The fourth-order valence-corrected chi connectivity index (χ4v) is 2.10. The van der Waals surface area contributed by atoms with E-state index >= 15 is 0 Å². The molecule has 0 unspecified atom stereocenters. The van der Waals surface area contributed by atoms with Crippen molar-refractivity contribution in [3.63, 3.8) is 0 Å². The number of aromatic nitrogens is 2. The molecule has 0 saturated heterocycles. The summed E-state index contributed by atoms with van der Waals surface area (Å²) in [5, 5.41) is 0. The molecule has 0 aliphatic rings. The minimum absolute atomic E-state index is 0.0746. The molecule has 0 aliphatic heterocycles. The molecular weight excluding hydrogens is 268 g/mol. The number of rotatable bonds is 4. The first kappa shape index (κ1) is 15.0. The van der Waals surface area contributed by atoms with Crippen LogP contribution in [0.15, 0.2) is 35.1 Å². The summed E-state index contributed by atoms with van der Waals surface area (Å²) >= 11 is 0. The Morgan fingerprint density at radius 1 is 1.24 bits per heavy atom. The summed E-state index contributed by atoms with van der Waals surface area (Å²) in [4.78, 5) is 27.8. The standard InChI is InChI=1S/C16H18N2O3/c1-4-21-16(20)14-7-5-13(6-8-14)10-18-12(3)17-11(2)9-15(18)19/h5-9H,4,10H2,1-3H3. The summed E-state index contributed by atoms with van der Waals surface area (Å²) < 4.78 is 6.54. The highest BCUT2D eigenvalue weighted by atomic mass is 16.5. The Hall–Kier alpha value is -2.43. The lowest BCUT2D eigenvalue weighted by Gasteiger charge is -2.10. The average Bonchev–Trinajstić information content (AvgIpc) is 2.43. The predicted molar refractivity (Wildman–Crippen MR) is 79.5 cm³/mol. The predicted octanol–water partition coefficient (Wildman–Crippen LogP) is 2.09. The SMILES string of the molecule is CCOC(=O)c1ccc(Cn2c(C)nc(C)cc2=O)cc1. The molecule has 0 spiro atoms. The molecule has 21 heavy (non-hydrogen) atoms. The van der Waals surface area contributed by atoms with Crippen LogP contribution in [0.1, 0.15) is 34.4 Å². The van der Waals surface area contributed by atoms with E-state index in [1.54, 1.807) is 37.5 Å². The number of carbonyl (C=O) groups excluding carboxylic acids is 1. The fraction of sp³-hybridized carbons (Fsp3) is 0.312. The fourth-order valence-electron chi connectivity index (χ4n) is 2.10. The summed E-state index contributed by atoms with van der Waals surface area (Å²) in [6.45, 7) is 6.16. The van der Waals surface area contributed by atoms with Gasteiger partial charge in [-0.1, -0.05) is 12.1 Å². The van der Waals surface area contributed by atoms with Crippen LogP contribution in [0.2, 0.25) is 0 Å². The number of esters is 1. The maximum atomic E-state index is 12.0. The van der Waals surface area contributed by atoms with E-state index in [0.29, 0.717) is 30.2 Å². The number of hydrogen-bond acceptors (Lipinski definition) is 4. The van der Waals surface area contributed by atoms with Crippen LogP contribution in [0.4, 0.5) is 0 Å². The van der Waals surface area contributed by atoms with Gasteiger partial charge in [-0.25, -0.2) is 9.78 Å². The van der Waals surface area contributed by atoms with Gasteiger partial charge in [-0.15, -0.1) is 0 Å². The van der Waals surface area contributed by atoms with E-state index in [4.69, 9.17) is 4.74 Å². The van der Waals surface area contributed by atoms with Crippen molar-refractivity contribution >= 4 is 5.97 Å². The van der Waals surface area contributed by atoms with Crippen LogP contribution < -0.4 is 5.56 Å². The van der Waals surface area contributed by atoms with Crippen LogP contribution >= 0.6 is 0 Å². The largest absolute Gasteiger partial charge is 0.462 e. The minimum atomic E-state index is -0.339. The van der Waals surface area contributed by atoms with Gasteiger partial charge < -0.3 is 4.74 Å². The summed E-state index contributed by atoms with van der Waals surface area (Å²) in [6, 6.07) is 8.56. The van der Waals surface area contributed by atoms with Crippen LogP contribution in [0.5, 0.6) is 0 Å². The molecule has 0 amide bonds. The minimum Gasteiger partial charge on any atom is -0.462 e. The van der Waals surface area contributed by atoms with Gasteiger partial charge in [0.1, 0.15) is 5.82 Å². The zero-order valence-electron chi connectivity index (χ0n) is 12.4. The van der Waals surface area contributed by atoms with Crippen LogP contribution in [0, 0.1) is 13.8 Å². The maximum Gasteiger partial charge on any atom is 0.338 e. The molecule has 2 aromatic rings. The second-order valence-electron chi connectivity index (χ2n) is 4.79. The van der Waals surface area contributed by atoms with Crippen LogP contribution in [0.3, 0.4) is 0 Å². The molecule has 0 atom stereocenters. The Bertz CT molecular complexity index is 702. The molecular formula is C16H18N2O3. The first-order valence-corrected chi connectivity index (χ1v) is 6.82. The van der Waals surface area contributed by atoms with Crippen molar-refractivity contribution in [3.8, 4) is 0 Å². The van der Waals surface area contributed by atoms with Gasteiger partial charge in [-0.05, 0) is 38.5 Å². The molecule has 0 aliphatic carbocycles. The van der Waals surface area contributed by atoms with Crippen LogP contribution in [0.25, 0.3) is 0 Å². The molecule has 1 aromatic carbocycles. The van der Waals surface area contributed by atoms with E-state index in [9.17, 15) is 9.59 Å². The number of benzene rings is 1. The maximum absolute atomic E-state index is 12.0. The van der Waals surface area contributed by atoms with Crippen molar-refractivity contribution in [1.29, 1.82) is 0 Å². The zero-order chi connectivity index (χ0) is 15.4. The van der Waals surface area contributed by atoms with Gasteiger partial charge >= 0.3 is 5.97 Å². The Labute approximate surface area is 123 Å². The summed E-state index contributed by atoms with van der Waals surface area (Å²) in [6.07, 6.45) is 0. The number of aryl methyl sites for hydroxylation is 2. The molecule has 5 heteroatoms. The van der Waals surface area contributed by atoms with Crippen molar-refractivity contribution in [3.05, 3.63) is 63.3 Å². The molecule has 0 radical (unpaired) electrons. The summed E-state index contributed by atoms with van der Waals surface area (Å²) in [5.41, 5.74) is 2.08. The highest BCUT2D eigenvalue weighted by Crippen LogP contribution is 2.08. The molecule has 0 bridgehead atoms. The monoisotopic (exact) mass is 286 g/mol. The molecule has 2 rings (SSSR count). The summed E-state index contributed by atoms with van der Waals surface area (Å²) in [5.74, 6) is 0.337. The molecule has 0 saturated carbocycles. The van der Waals surface area contributed by atoms with Gasteiger partial charge in [0.25, 0.3) is 5.56 Å². The normalized spacial score (nSPS) is 10.4. The van der Waals surface area contributed by atoms with Crippen LogP contribution in [-0.2, 0) is 11.3 Å². The van der Waals surface area contributed by atoms with Crippen molar-refractivity contribution < 1.29 is 9.53 Å².